The van der Waals surface area contributed by atoms with Crippen LogP contribution in [-0.2, 0) is 0 Å². The number of hydrogen-bond donors (Lipinski definition) is 2. The molecule has 0 aliphatic rings. The zero-order valence-electron chi connectivity index (χ0n) is 9.02. The highest BCUT2D eigenvalue weighted by Crippen LogP contribution is 2.23. The number of hydrogen-bond acceptors (Lipinski definition) is 3. The van der Waals surface area contributed by atoms with Gasteiger partial charge in [-0.15, -0.1) is 0 Å². The summed E-state index contributed by atoms with van der Waals surface area (Å²) in [6.07, 6.45) is 0. The Morgan fingerprint density at radius 2 is 2.00 bits per heavy atom. The maximum atomic E-state index is 11.9. The molecule has 92 valence electrons. The number of aromatic nitrogens is 1. The Hall–Kier alpha value is -1.40. The van der Waals surface area contributed by atoms with Crippen LogP contribution in [0.2, 0.25) is 0 Å². The van der Waals surface area contributed by atoms with E-state index >= 15 is 0 Å². The number of phenolic OH excluding ortho intramolecular Hbond substituents is 1. The van der Waals surface area contributed by atoms with Gasteiger partial charge in [-0.2, -0.15) is 0 Å². The number of nitrogens with one attached hydrogen (secondary N) is 1. The van der Waals surface area contributed by atoms with Crippen LogP contribution in [0, 0.1) is 0 Å². The lowest BCUT2D eigenvalue weighted by molar-refractivity contribution is 0.102. The number of carbonyl (C=O) groups is 1. The molecule has 4 nitrogen and oxygen atoms in total. The lowest BCUT2D eigenvalue weighted by atomic mass is 10.2. The second-order valence-corrected chi connectivity index (χ2v) is 5.19. The molecule has 18 heavy (non-hydrogen) atoms. The summed E-state index contributed by atoms with van der Waals surface area (Å²) in [7, 11) is 0. The summed E-state index contributed by atoms with van der Waals surface area (Å²) in [4.78, 5) is 16.0. The molecule has 1 aromatic heterocycles. The molecule has 2 aromatic rings. The summed E-state index contributed by atoms with van der Waals surface area (Å²) in [5.41, 5.74) is 0.194. The lowest BCUT2D eigenvalue weighted by Gasteiger charge is -2.06. The molecule has 0 saturated heterocycles. The first kappa shape index (κ1) is 13.0. The number of halogens is 2. The molecular weight excluding hydrogens is 364 g/mol. The molecule has 0 atom stereocenters. The molecule has 0 spiro atoms. The maximum absolute atomic E-state index is 11.9. The van der Waals surface area contributed by atoms with Crippen molar-refractivity contribution in [3.8, 4) is 5.75 Å². The van der Waals surface area contributed by atoms with E-state index in [0.717, 1.165) is 0 Å². The third kappa shape index (κ3) is 3.08. The monoisotopic (exact) mass is 370 g/mol. The van der Waals surface area contributed by atoms with Crippen LogP contribution in [0.15, 0.2) is 45.5 Å². The number of nitrogens with zero attached hydrogens (tertiary/aromatic N) is 1. The predicted molar refractivity (Wildman–Crippen MR) is 75.7 cm³/mol. The first-order chi connectivity index (χ1) is 8.56. The Morgan fingerprint density at radius 1 is 1.22 bits per heavy atom. The fraction of sp³-hybridized carbons (Fsp3) is 0. The van der Waals surface area contributed by atoms with Crippen LogP contribution in [0.1, 0.15) is 10.4 Å². The maximum Gasteiger partial charge on any atom is 0.260 e. The Bertz CT molecular complexity index is 602. The predicted octanol–water partition coefficient (Wildman–Crippen LogP) is 3.56. The third-order valence-corrected chi connectivity index (χ3v) is 3.10. The molecule has 1 aromatic carbocycles. The molecule has 0 fully saturated rings. The van der Waals surface area contributed by atoms with Crippen LogP contribution in [0.5, 0.6) is 5.75 Å². The van der Waals surface area contributed by atoms with Crippen molar-refractivity contribution in [2.45, 2.75) is 0 Å². The first-order valence-corrected chi connectivity index (χ1v) is 6.57. The van der Waals surface area contributed by atoms with Gasteiger partial charge in [0.1, 0.15) is 16.2 Å². The molecule has 0 radical (unpaired) electrons. The Kier molecular flexibility index (Phi) is 3.98. The summed E-state index contributed by atoms with van der Waals surface area (Å²) in [6, 6.07) is 9.86. The van der Waals surface area contributed by atoms with Gasteiger partial charge in [0.2, 0.25) is 0 Å². The number of anilines is 1. The first-order valence-electron chi connectivity index (χ1n) is 4.98. The van der Waals surface area contributed by atoms with E-state index in [9.17, 15) is 9.90 Å². The molecule has 1 heterocycles. The number of amides is 1. The lowest BCUT2D eigenvalue weighted by Crippen LogP contribution is -2.13. The largest absolute Gasteiger partial charge is 0.507 e. The Labute approximate surface area is 120 Å². The molecule has 2 rings (SSSR count). The van der Waals surface area contributed by atoms with E-state index < -0.39 is 5.91 Å². The van der Waals surface area contributed by atoms with E-state index in [1.54, 1.807) is 24.3 Å². The van der Waals surface area contributed by atoms with Gasteiger partial charge in [0, 0.05) is 4.47 Å². The fourth-order valence-electron chi connectivity index (χ4n) is 1.36. The van der Waals surface area contributed by atoms with E-state index in [2.05, 4.69) is 42.2 Å². The van der Waals surface area contributed by atoms with E-state index in [1.165, 1.54) is 12.1 Å². The van der Waals surface area contributed by atoms with E-state index in [4.69, 9.17) is 0 Å². The highest BCUT2D eigenvalue weighted by Gasteiger charge is 2.12. The zero-order valence-corrected chi connectivity index (χ0v) is 12.2. The van der Waals surface area contributed by atoms with Gasteiger partial charge in [0.15, 0.2) is 0 Å². The molecule has 0 saturated carbocycles. The second kappa shape index (κ2) is 5.49. The van der Waals surface area contributed by atoms with Crippen molar-refractivity contribution in [1.82, 2.24) is 4.98 Å². The number of aromatic hydroxyl groups is 1. The van der Waals surface area contributed by atoms with Crippen LogP contribution in [0.4, 0.5) is 5.82 Å². The van der Waals surface area contributed by atoms with Crippen LogP contribution in [0.25, 0.3) is 0 Å². The molecular formula is C12H8Br2N2O2. The molecule has 0 bridgehead atoms. The van der Waals surface area contributed by atoms with Gasteiger partial charge in [0.05, 0.1) is 5.56 Å². The van der Waals surface area contributed by atoms with E-state index in [0.29, 0.717) is 14.9 Å². The molecule has 0 unspecified atom stereocenters. The summed E-state index contributed by atoms with van der Waals surface area (Å²) in [5.74, 6) is -0.0841. The molecule has 2 N–H and O–H groups in total. The molecule has 0 aliphatic heterocycles. The second-order valence-electron chi connectivity index (χ2n) is 3.46. The zero-order chi connectivity index (χ0) is 13.1. The highest BCUT2D eigenvalue weighted by molar-refractivity contribution is 9.10. The van der Waals surface area contributed by atoms with Gasteiger partial charge in [0.25, 0.3) is 5.91 Å². The van der Waals surface area contributed by atoms with Crippen LogP contribution in [0.3, 0.4) is 0 Å². The standard InChI is InChI=1S/C12H8Br2N2O2/c13-7-4-5-8(9(17)6-7)12(18)16-11-3-1-2-10(14)15-11/h1-6,17H,(H,15,16,18). The quantitative estimate of drug-likeness (QED) is 0.793. The smallest absolute Gasteiger partial charge is 0.260 e. The van der Waals surface area contributed by atoms with E-state index in [-0.39, 0.29) is 11.3 Å². The van der Waals surface area contributed by atoms with Gasteiger partial charge in [-0.05, 0) is 46.3 Å². The average Bonchev–Trinajstić information content (AvgIpc) is 2.28. The van der Waals surface area contributed by atoms with Gasteiger partial charge >= 0.3 is 0 Å². The minimum absolute atomic E-state index is 0.0862. The topological polar surface area (TPSA) is 62.2 Å². The Balaban J connectivity index is 2.22. The SMILES string of the molecule is O=C(Nc1cccc(Br)n1)c1ccc(Br)cc1O. The van der Waals surface area contributed by atoms with Gasteiger partial charge in [-0.1, -0.05) is 22.0 Å². The number of pyridine rings is 1. The van der Waals surface area contributed by atoms with Crippen molar-refractivity contribution < 1.29 is 9.90 Å². The minimum atomic E-state index is -0.411. The van der Waals surface area contributed by atoms with Gasteiger partial charge in [-0.25, -0.2) is 4.98 Å². The number of phenols is 1. The van der Waals surface area contributed by atoms with Crippen molar-refractivity contribution in [2.75, 3.05) is 5.32 Å². The summed E-state index contributed by atoms with van der Waals surface area (Å²) < 4.78 is 1.33. The highest BCUT2D eigenvalue weighted by atomic mass is 79.9. The third-order valence-electron chi connectivity index (χ3n) is 2.16. The van der Waals surface area contributed by atoms with Crippen molar-refractivity contribution >= 4 is 43.6 Å². The van der Waals surface area contributed by atoms with E-state index in [1.807, 2.05) is 0 Å². The minimum Gasteiger partial charge on any atom is -0.507 e. The molecule has 0 aliphatic carbocycles. The number of benzene rings is 1. The summed E-state index contributed by atoms with van der Waals surface area (Å²) >= 11 is 6.43. The average molecular weight is 372 g/mol. The normalized spacial score (nSPS) is 10.1. The molecule has 6 heteroatoms. The van der Waals surface area contributed by atoms with Crippen molar-refractivity contribution in [1.29, 1.82) is 0 Å². The summed E-state index contributed by atoms with van der Waals surface area (Å²) in [6.45, 7) is 0. The van der Waals surface area contributed by atoms with Crippen LogP contribution >= 0.6 is 31.9 Å². The number of rotatable bonds is 2. The number of carbonyl (C=O) groups excluding carboxylic acids is 1. The van der Waals surface area contributed by atoms with Crippen molar-refractivity contribution in [2.24, 2.45) is 0 Å². The fourth-order valence-corrected chi connectivity index (χ4v) is 2.05. The van der Waals surface area contributed by atoms with Crippen LogP contribution < -0.4 is 5.32 Å². The summed E-state index contributed by atoms with van der Waals surface area (Å²) in [5, 5.41) is 12.3. The Morgan fingerprint density at radius 3 is 2.67 bits per heavy atom. The van der Waals surface area contributed by atoms with Gasteiger partial charge in [-0.3, -0.25) is 4.79 Å². The van der Waals surface area contributed by atoms with Gasteiger partial charge < -0.3 is 10.4 Å². The van der Waals surface area contributed by atoms with Crippen LogP contribution in [-0.4, -0.2) is 16.0 Å². The van der Waals surface area contributed by atoms with Crippen molar-refractivity contribution in [3.05, 3.63) is 51.0 Å². The molecule has 1 amide bonds. The van der Waals surface area contributed by atoms with Crippen molar-refractivity contribution in [3.63, 3.8) is 0 Å².